The van der Waals surface area contributed by atoms with Gasteiger partial charge in [0.15, 0.2) is 0 Å². The highest BCUT2D eigenvalue weighted by Gasteiger charge is 2.13. The molecule has 0 saturated carbocycles. The van der Waals surface area contributed by atoms with E-state index in [0.29, 0.717) is 5.06 Å². The molecule has 2 N–H and O–H groups in total. The van der Waals surface area contributed by atoms with Gasteiger partial charge in [0.05, 0.1) is 7.05 Å². The number of hydroxylamine groups is 2. The standard InChI is InChI=1S/C23H49NO.ClH/c1-4-6-8-10-12-14-16-18-20-23(22-24(3)25)21-19-17-15-13-11-9-7-5-2;/h23,25H,4-22H2,1-3H3;1H. The molecule has 1 unspecified atom stereocenters. The second-order valence-electron chi connectivity index (χ2n) is 8.33. The van der Waals surface area contributed by atoms with Gasteiger partial charge in [-0.3, -0.25) is 0 Å². The molecule has 0 aromatic carbocycles. The fraction of sp³-hybridized carbons (Fsp3) is 1.00. The molecule has 0 radical (unpaired) electrons. The van der Waals surface area contributed by atoms with Crippen LogP contribution in [0.4, 0.5) is 0 Å². The van der Waals surface area contributed by atoms with Crippen LogP contribution in [0.2, 0.25) is 0 Å². The average molecular weight is 392 g/mol. The van der Waals surface area contributed by atoms with Gasteiger partial charge in [-0.1, -0.05) is 117 Å². The summed E-state index contributed by atoms with van der Waals surface area (Å²) in [5, 5.41) is 10.3. The summed E-state index contributed by atoms with van der Waals surface area (Å²) < 4.78 is 0. The smallest absolute Gasteiger partial charge is 0.109 e. The Morgan fingerprint density at radius 2 is 0.885 bits per heavy atom. The fourth-order valence-electron chi connectivity index (χ4n) is 3.90. The van der Waals surface area contributed by atoms with E-state index < -0.39 is 0 Å². The summed E-state index contributed by atoms with van der Waals surface area (Å²) in [5.41, 5.74) is 0. The van der Waals surface area contributed by atoms with E-state index in [0.717, 1.165) is 12.5 Å². The lowest BCUT2D eigenvalue weighted by atomic mass is 9.94. The number of halogens is 1. The molecule has 0 heterocycles. The van der Waals surface area contributed by atoms with E-state index >= 15 is 0 Å². The predicted octanol–water partition coefficient (Wildman–Crippen LogP) is 3.57. The quantitative estimate of drug-likeness (QED) is 0.240. The maximum atomic E-state index is 9.69. The van der Waals surface area contributed by atoms with Crippen LogP contribution in [0.1, 0.15) is 129 Å². The van der Waals surface area contributed by atoms with E-state index in [1.807, 2.05) is 7.05 Å². The lowest BCUT2D eigenvalue weighted by molar-refractivity contribution is -1.07. The third kappa shape index (κ3) is 22.3. The largest absolute Gasteiger partial charge is 1.00 e. The second kappa shape index (κ2) is 23.2. The Hall–Kier alpha value is 0.210. The highest BCUT2D eigenvalue weighted by Crippen LogP contribution is 2.18. The van der Waals surface area contributed by atoms with Crippen LogP contribution >= 0.6 is 0 Å². The van der Waals surface area contributed by atoms with E-state index in [-0.39, 0.29) is 12.4 Å². The van der Waals surface area contributed by atoms with Crippen molar-refractivity contribution in [2.24, 2.45) is 5.92 Å². The molecule has 0 bridgehead atoms. The first-order chi connectivity index (χ1) is 12.2. The van der Waals surface area contributed by atoms with Gasteiger partial charge in [0.1, 0.15) is 6.54 Å². The van der Waals surface area contributed by atoms with Crippen LogP contribution in [0.15, 0.2) is 0 Å². The van der Waals surface area contributed by atoms with Crippen molar-refractivity contribution in [1.82, 2.24) is 0 Å². The van der Waals surface area contributed by atoms with Gasteiger partial charge in [0.2, 0.25) is 0 Å². The van der Waals surface area contributed by atoms with Crippen LogP contribution in [0.5, 0.6) is 0 Å². The zero-order chi connectivity index (χ0) is 18.6. The average Bonchev–Trinajstić information content (AvgIpc) is 2.58. The van der Waals surface area contributed by atoms with Crippen molar-refractivity contribution >= 4 is 0 Å². The van der Waals surface area contributed by atoms with E-state index in [9.17, 15) is 5.21 Å². The fourth-order valence-corrected chi connectivity index (χ4v) is 3.90. The maximum absolute atomic E-state index is 9.69. The predicted molar refractivity (Wildman–Crippen MR) is 111 cm³/mol. The summed E-state index contributed by atoms with van der Waals surface area (Å²) in [4.78, 5) is 0. The van der Waals surface area contributed by atoms with Crippen molar-refractivity contribution in [1.29, 1.82) is 0 Å². The van der Waals surface area contributed by atoms with Gasteiger partial charge >= 0.3 is 0 Å². The molecule has 0 aliphatic heterocycles. The van der Waals surface area contributed by atoms with E-state index in [1.54, 1.807) is 0 Å². The minimum atomic E-state index is 0. The number of unbranched alkanes of at least 4 members (excludes halogenated alkanes) is 14. The molecular formula is C23H50ClNO. The number of hydrogen-bond donors (Lipinski definition) is 2. The van der Waals surface area contributed by atoms with Gasteiger partial charge in [-0.05, 0) is 12.8 Å². The number of nitrogens with one attached hydrogen (secondary N) is 1. The maximum Gasteiger partial charge on any atom is 0.109 e. The Balaban J connectivity index is 0. The van der Waals surface area contributed by atoms with Gasteiger partial charge < -0.3 is 12.4 Å². The molecule has 0 aromatic heterocycles. The Kier molecular flexibility index (Phi) is 25.4. The molecule has 26 heavy (non-hydrogen) atoms. The molecule has 1 atom stereocenters. The topological polar surface area (TPSA) is 24.7 Å². The van der Waals surface area contributed by atoms with Crippen LogP contribution in [0.25, 0.3) is 0 Å². The minimum absolute atomic E-state index is 0. The molecule has 0 spiro atoms. The molecule has 2 nitrogen and oxygen atoms in total. The normalized spacial score (nSPS) is 12.3. The van der Waals surface area contributed by atoms with Gasteiger partial charge in [0.25, 0.3) is 0 Å². The zero-order valence-corrected chi connectivity index (χ0v) is 19.1. The Labute approximate surface area is 171 Å². The van der Waals surface area contributed by atoms with Gasteiger partial charge in [-0.2, -0.15) is 5.06 Å². The van der Waals surface area contributed by atoms with Gasteiger partial charge in [0, 0.05) is 5.92 Å². The van der Waals surface area contributed by atoms with E-state index in [1.165, 1.54) is 116 Å². The third-order valence-corrected chi connectivity index (χ3v) is 5.52. The van der Waals surface area contributed by atoms with Crippen LogP contribution in [-0.2, 0) is 0 Å². The van der Waals surface area contributed by atoms with Crippen LogP contribution in [0.3, 0.4) is 0 Å². The first kappa shape index (κ1) is 28.4. The van der Waals surface area contributed by atoms with Crippen molar-refractivity contribution in [3.63, 3.8) is 0 Å². The molecule has 160 valence electrons. The van der Waals surface area contributed by atoms with Crippen molar-refractivity contribution < 1.29 is 22.7 Å². The van der Waals surface area contributed by atoms with Crippen LogP contribution in [-0.4, -0.2) is 18.8 Å². The molecule has 0 aliphatic carbocycles. The lowest BCUT2D eigenvalue weighted by Crippen LogP contribution is -3.07. The number of rotatable bonds is 20. The molecule has 3 heteroatoms. The molecule has 0 aliphatic rings. The van der Waals surface area contributed by atoms with Crippen molar-refractivity contribution in [3.8, 4) is 0 Å². The second-order valence-corrected chi connectivity index (χ2v) is 8.33. The van der Waals surface area contributed by atoms with E-state index in [4.69, 9.17) is 0 Å². The number of quaternary nitrogens is 1. The Morgan fingerprint density at radius 3 is 1.19 bits per heavy atom. The molecule has 0 amide bonds. The minimum Gasteiger partial charge on any atom is -1.00 e. The summed E-state index contributed by atoms with van der Waals surface area (Å²) in [7, 11) is 1.88. The Morgan fingerprint density at radius 1 is 0.577 bits per heavy atom. The molecule has 0 rings (SSSR count). The summed E-state index contributed by atoms with van der Waals surface area (Å²) in [6.45, 7) is 5.51. The van der Waals surface area contributed by atoms with Crippen molar-refractivity contribution in [3.05, 3.63) is 0 Å². The summed E-state index contributed by atoms with van der Waals surface area (Å²) in [5.74, 6) is 0.727. The van der Waals surface area contributed by atoms with Crippen molar-refractivity contribution in [2.45, 2.75) is 129 Å². The van der Waals surface area contributed by atoms with E-state index in [2.05, 4.69) is 13.8 Å². The lowest BCUT2D eigenvalue weighted by Gasteiger charge is -2.17. The van der Waals surface area contributed by atoms with Crippen LogP contribution in [0, 0.1) is 5.92 Å². The number of hydrogen-bond acceptors (Lipinski definition) is 1. The molecule has 0 saturated heterocycles. The third-order valence-electron chi connectivity index (χ3n) is 5.52. The first-order valence-electron chi connectivity index (χ1n) is 11.7. The van der Waals surface area contributed by atoms with Gasteiger partial charge in [-0.25, -0.2) is 5.21 Å². The SMILES string of the molecule is CCCCCCCCCCC(CCCCCCCCCC)C[NH+](C)O.[Cl-]. The molecule has 0 fully saturated rings. The van der Waals surface area contributed by atoms with Crippen LogP contribution < -0.4 is 17.5 Å². The zero-order valence-electron chi connectivity index (χ0n) is 18.3. The Bertz CT molecular complexity index is 228. The van der Waals surface area contributed by atoms with Crippen molar-refractivity contribution in [2.75, 3.05) is 13.6 Å². The summed E-state index contributed by atoms with van der Waals surface area (Å²) in [6, 6.07) is 0. The molecule has 0 aromatic rings. The highest BCUT2D eigenvalue weighted by molar-refractivity contribution is 4.59. The summed E-state index contributed by atoms with van der Waals surface area (Å²) in [6.07, 6.45) is 25.1. The first-order valence-corrected chi connectivity index (χ1v) is 11.7. The van der Waals surface area contributed by atoms with Gasteiger partial charge in [-0.15, -0.1) is 0 Å². The monoisotopic (exact) mass is 391 g/mol. The summed E-state index contributed by atoms with van der Waals surface area (Å²) >= 11 is 0. The highest BCUT2D eigenvalue weighted by atomic mass is 35.5. The molecular weight excluding hydrogens is 342 g/mol.